The number of hydrogen-bond acceptors (Lipinski definition) is 2. The Hall–Kier alpha value is -1.62. The van der Waals surface area contributed by atoms with Crippen LogP contribution < -0.4 is 5.73 Å². The summed E-state index contributed by atoms with van der Waals surface area (Å²) in [6.45, 7) is 0. The summed E-state index contributed by atoms with van der Waals surface area (Å²) < 4.78 is 26.9. The van der Waals surface area contributed by atoms with Crippen LogP contribution in [0, 0.1) is 11.6 Å². The van der Waals surface area contributed by atoms with Gasteiger partial charge in [0.15, 0.2) is 5.82 Å². The second-order valence-electron chi connectivity index (χ2n) is 2.92. The molecule has 0 saturated carbocycles. The molecule has 0 aliphatic rings. The van der Waals surface area contributed by atoms with Crippen molar-refractivity contribution in [2.24, 2.45) is 0 Å². The minimum atomic E-state index is -0.854. The molecule has 0 aliphatic heterocycles. The number of nitrogens with two attached hydrogens (primary N) is 1. The number of benzene rings is 1. The smallest absolute Gasteiger partial charge is 0.154 e. The van der Waals surface area contributed by atoms with Gasteiger partial charge >= 0.3 is 0 Å². The Morgan fingerprint density at radius 2 is 2.07 bits per heavy atom. The van der Waals surface area contributed by atoms with Crippen LogP contribution in [0.1, 0.15) is 0 Å². The lowest BCUT2D eigenvalue weighted by Gasteiger charge is -2.04. The molecule has 0 unspecified atom stereocenters. The van der Waals surface area contributed by atoms with Gasteiger partial charge in [-0.15, -0.1) is 0 Å². The molecule has 1 heterocycles. The van der Waals surface area contributed by atoms with Crippen LogP contribution >= 0.6 is 11.6 Å². The average molecular weight is 230 g/mol. The molecule has 2 rings (SSSR count). The molecule has 1 aromatic heterocycles. The molecule has 3 N–H and O–H groups in total. The van der Waals surface area contributed by atoms with Gasteiger partial charge in [-0.3, -0.25) is 5.10 Å². The van der Waals surface area contributed by atoms with Gasteiger partial charge in [0.2, 0.25) is 0 Å². The van der Waals surface area contributed by atoms with E-state index in [4.69, 9.17) is 17.3 Å². The van der Waals surface area contributed by atoms with E-state index >= 15 is 0 Å². The summed E-state index contributed by atoms with van der Waals surface area (Å²) in [6.07, 6.45) is 1.27. The van der Waals surface area contributed by atoms with Crippen LogP contribution in [0.25, 0.3) is 11.3 Å². The maximum absolute atomic E-state index is 13.5. The first-order valence-corrected chi connectivity index (χ1v) is 4.41. The van der Waals surface area contributed by atoms with Crippen molar-refractivity contribution in [3.63, 3.8) is 0 Å². The molecule has 0 aliphatic carbocycles. The Bertz CT molecular complexity index is 510. The number of aromatic amines is 1. The first-order valence-electron chi connectivity index (χ1n) is 4.04. The van der Waals surface area contributed by atoms with E-state index in [9.17, 15) is 8.78 Å². The third-order valence-electron chi connectivity index (χ3n) is 1.96. The highest BCUT2D eigenvalue weighted by Gasteiger charge is 2.17. The van der Waals surface area contributed by atoms with E-state index in [1.165, 1.54) is 6.20 Å². The maximum atomic E-state index is 13.5. The van der Waals surface area contributed by atoms with Crippen molar-refractivity contribution in [1.82, 2.24) is 10.2 Å². The molecule has 6 heteroatoms. The minimum Gasteiger partial charge on any atom is -0.396 e. The maximum Gasteiger partial charge on any atom is 0.154 e. The Balaban J connectivity index is 2.72. The summed E-state index contributed by atoms with van der Waals surface area (Å²) in [5.41, 5.74) is 5.45. The van der Waals surface area contributed by atoms with E-state index < -0.39 is 11.6 Å². The summed E-state index contributed by atoms with van der Waals surface area (Å²) in [5, 5.41) is 5.83. The highest BCUT2D eigenvalue weighted by Crippen LogP contribution is 2.31. The van der Waals surface area contributed by atoms with Gasteiger partial charge in [0.05, 0.1) is 28.2 Å². The van der Waals surface area contributed by atoms with Gasteiger partial charge in [0.1, 0.15) is 5.82 Å². The normalized spacial score (nSPS) is 10.6. The standard InChI is InChI=1S/C9H6ClF2N3/c10-4-1-2-5(11)7(8(4)12)9-6(13)3-14-15-9/h1-3H,13H2,(H,14,15). The number of nitrogens with zero attached hydrogens (tertiary/aromatic N) is 1. The van der Waals surface area contributed by atoms with Crippen molar-refractivity contribution in [1.29, 1.82) is 0 Å². The minimum absolute atomic E-state index is 0.0903. The van der Waals surface area contributed by atoms with Crippen molar-refractivity contribution in [3.05, 3.63) is 35.0 Å². The summed E-state index contributed by atoms with van der Waals surface area (Å²) in [5.74, 6) is -1.60. The highest BCUT2D eigenvalue weighted by atomic mass is 35.5. The van der Waals surface area contributed by atoms with E-state index in [2.05, 4.69) is 10.2 Å². The van der Waals surface area contributed by atoms with E-state index in [1.54, 1.807) is 0 Å². The third kappa shape index (κ3) is 1.55. The van der Waals surface area contributed by atoms with Crippen LogP contribution in [0.15, 0.2) is 18.3 Å². The lowest BCUT2D eigenvalue weighted by molar-refractivity contribution is 0.589. The summed E-state index contributed by atoms with van der Waals surface area (Å²) in [4.78, 5) is 0. The fraction of sp³-hybridized carbons (Fsp3) is 0. The molecule has 0 amide bonds. The van der Waals surface area contributed by atoms with Crippen LogP contribution in [0.2, 0.25) is 5.02 Å². The predicted molar refractivity (Wildman–Crippen MR) is 53.4 cm³/mol. The number of nitrogens with one attached hydrogen (secondary N) is 1. The Morgan fingerprint density at radius 1 is 1.33 bits per heavy atom. The largest absolute Gasteiger partial charge is 0.396 e. The fourth-order valence-electron chi connectivity index (χ4n) is 1.25. The van der Waals surface area contributed by atoms with Crippen molar-refractivity contribution in [2.75, 3.05) is 5.73 Å². The Morgan fingerprint density at radius 3 is 2.67 bits per heavy atom. The molecule has 0 fully saturated rings. The monoisotopic (exact) mass is 229 g/mol. The molecule has 0 atom stereocenters. The topological polar surface area (TPSA) is 54.7 Å². The molecule has 0 bridgehead atoms. The van der Waals surface area contributed by atoms with Crippen LogP contribution in [0.3, 0.4) is 0 Å². The van der Waals surface area contributed by atoms with E-state index in [0.29, 0.717) is 0 Å². The van der Waals surface area contributed by atoms with Gasteiger partial charge in [-0.25, -0.2) is 8.78 Å². The SMILES string of the molecule is Nc1cn[nH]c1-c1c(F)ccc(Cl)c1F. The Kier molecular flexibility index (Phi) is 2.32. The van der Waals surface area contributed by atoms with Gasteiger partial charge in [-0.1, -0.05) is 11.6 Å². The van der Waals surface area contributed by atoms with Crippen molar-refractivity contribution in [3.8, 4) is 11.3 Å². The molecule has 0 spiro atoms. The van der Waals surface area contributed by atoms with Crippen LogP contribution in [-0.2, 0) is 0 Å². The second kappa shape index (κ2) is 3.51. The molecule has 0 radical (unpaired) electrons. The number of aromatic nitrogens is 2. The van der Waals surface area contributed by atoms with Crippen molar-refractivity contribution in [2.45, 2.75) is 0 Å². The zero-order valence-corrected chi connectivity index (χ0v) is 8.15. The lowest BCUT2D eigenvalue weighted by Crippen LogP contribution is -1.94. The van der Waals surface area contributed by atoms with Gasteiger partial charge in [0, 0.05) is 0 Å². The van der Waals surface area contributed by atoms with Gasteiger partial charge in [-0.05, 0) is 12.1 Å². The first-order chi connectivity index (χ1) is 7.11. The number of rotatable bonds is 1. The molecule has 0 saturated heterocycles. The van der Waals surface area contributed by atoms with E-state index in [1.807, 2.05) is 0 Å². The molecule has 1 aromatic carbocycles. The quantitative estimate of drug-likeness (QED) is 0.739. The molecular weight excluding hydrogens is 224 g/mol. The number of H-pyrrole nitrogens is 1. The van der Waals surface area contributed by atoms with Gasteiger partial charge in [-0.2, -0.15) is 5.10 Å². The molecule has 3 nitrogen and oxygen atoms in total. The number of halogens is 3. The second-order valence-corrected chi connectivity index (χ2v) is 3.33. The molecule has 2 aromatic rings. The summed E-state index contributed by atoms with van der Waals surface area (Å²) >= 11 is 5.54. The van der Waals surface area contributed by atoms with Gasteiger partial charge < -0.3 is 5.73 Å². The van der Waals surface area contributed by atoms with Crippen LogP contribution in [-0.4, -0.2) is 10.2 Å². The van der Waals surface area contributed by atoms with Gasteiger partial charge in [0.25, 0.3) is 0 Å². The first kappa shape index (κ1) is 9.92. The molecule has 78 valence electrons. The zero-order chi connectivity index (χ0) is 11.0. The molecule has 15 heavy (non-hydrogen) atoms. The van der Waals surface area contributed by atoms with E-state index in [-0.39, 0.29) is 22.0 Å². The predicted octanol–water partition coefficient (Wildman–Crippen LogP) is 2.59. The van der Waals surface area contributed by atoms with Crippen LogP contribution in [0.4, 0.5) is 14.5 Å². The third-order valence-corrected chi connectivity index (χ3v) is 2.25. The highest BCUT2D eigenvalue weighted by molar-refractivity contribution is 6.31. The van der Waals surface area contributed by atoms with Crippen molar-refractivity contribution >= 4 is 17.3 Å². The zero-order valence-electron chi connectivity index (χ0n) is 7.39. The lowest BCUT2D eigenvalue weighted by atomic mass is 10.1. The number of anilines is 1. The average Bonchev–Trinajstić information content (AvgIpc) is 2.60. The number of nitrogen functional groups attached to an aromatic ring is 1. The summed E-state index contributed by atoms with van der Waals surface area (Å²) in [7, 11) is 0. The Labute approximate surface area is 88.9 Å². The number of hydrogen-bond donors (Lipinski definition) is 2. The van der Waals surface area contributed by atoms with Crippen LogP contribution in [0.5, 0.6) is 0 Å². The summed E-state index contributed by atoms with van der Waals surface area (Å²) in [6, 6.07) is 2.21. The fourth-order valence-corrected chi connectivity index (χ4v) is 1.41. The van der Waals surface area contributed by atoms with E-state index in [0.717, 1.165) is 12.1 Å². The molecular formula is C9H6ClF2N3. The van der Waals surface area contributed by atoms with Crippen molar-refractivity contribution < 1.29 is 8.78 Å².